The molecule has 17 heavy (non-hydrogen) atoms. The van der Waals surface area contributed by atoms with Crippen LogP contribution >= 0.6 is 0 Å². The molecular weight excluding hydrogens is 214 g/mol. The van der Waals surface area contributed by atoms with Crippen LogP contribution in [0.5, 0.6) is 0 Å². The van der Waals surface area contributed by atoms with Crippen LogP contribution in [-0.2, 0) is 0 Å². The number of fused-ring (bicyclic) bond motifs is 3. The molecule has 0 aliphatic carbocycles. The quantitative estimate of drug-likeness (QED) is 0.384. The van der Waals surface area contributed by atoms with Crippen LogP contribution in [0, 0.1) is 5.92 Å². The molecule has 0 saturated carbocycles. The molecule has 0 amide bonds. The molecule has 0 aromatic rings. The smallest absolute Gasteiger partial charge is 0.185 e. The maximum absolute atomic E-state index is 5.38. The van der Waals surface area contributed by atoms with Crippen molar-refractivity contribution in [2.75, 3.05) is 59.4 Å². The second kappa shape index (κ2) is 4.46. The molecule has 3 fully saturated rings. The van der Waals surface area contributed by atoms with Gasteiger partial charge in [0, 0.05) is 5.92 Å². The lowest BCUT2D eigenvalue weighted by molar-refractivity contribution is -1.07. The highest BCUT2D eigenvalue weighted by Gasteiger charge is 2.46. The van der Waals surface area contributed by atoms with Gasteiger partial charge in [-0.3, -0.25) is 4.99 Å². The average molecular weight is 241 g/mol. The van der Waals surface area contributed by atoms with Crippen LogP contribution in [0.25, 0.3) is 0 Å². The van der Waals surface area contributed by atoms with E-state index >= 15 is 0 Å². The summed E-state index contributed by atoms with van der Waals surface area (Å²) >= 11 is 0. The van der Waals surface area contributed by atoms with Crippen LogP contribution in [0.3, 0.4) is 0 Å². The largest absolute Gasteiger partial charge is 0.370 e. The highest BCUT2D eigenvalue weighted by Crippen LogP contribution is 2.25. The summed E-state index contributed by atoms with van der Waals surface area (Å²) < 4.78 is 2.59. The second-order valence-corrected chi connectivity index (χ2v) is 6.36. The normalized spacial score (nSPS) is 37.8. The van der Waals surface area contributed by atoms with Gasteiger partial charge in [0.2, 0.25) is 0 Å². The zero-order valence-electron chi connectivity index (χ0n) is 11.2. The molecule has 1 atom stereocenters. The minimum atomic E-state index is 0.221. The Balaban J connectivity index is 1.88. The number of nitrogens with zero attached hydrogens (tertiary/aromatic N) is 3. The number of likely N-dealkylation sites (N-methyl/N-ethyl adjacent to an activating group) is 1. The number of nitrogens with two attached hydrogens (primary N) is 2. The van der Waals surface area contributed by atoms with Gasteiger partial charge in [-0.15, -0.1) is 0 Å². The van der Waals surface area contributed by atoms with Gasteiger partial charge in [0.25, 0.3) is 0 Å². The number of aliphatic imine (C=N–C) groups is 1. The van der Waals surface area contributed by atoms with Crippen molar-refractivity contribution in [1.82, 2.24) is 0 Å². The Hall–Kier alpha value is -0.810. The molecule has 3 heterocycles. The minimum Gasteiger partial charge on any atom is -0.370 e. The Kier molecular flexibility index (Phi) is 3.32. The summed E-state index contributed by atoms with van der Waals surface area (Å²) in [6, 6.07) is 0. The van der Waals surface area contributed by atoms with E-state index in [0.29, 0.717) is 5.92 Å². The van der Waals surface area contributed by atoms with E-state index in [1.54, 1.807) is 0 Å². The molecule has 3 saturated heterocycles. The predicted molar refractivity (Wildman–Crippen MR) is 70.4 cm³/mol. The van der Waals surface area contributed by atoms with Gasteiger partial charge in [-0.2, -0.15) is 0 Å². The van der Waals surface area contributed by atoms with Crippen LogP contribution in [0.2, 0.25) is 0 Å². The molecular formula is C12H27N5+2. The molecule has 0 radical (unpaired) electrons. The molecule has 5 heteroatoms. The van der Waals surface area contributed by atoms with E-state index in [2.05, 4.69) is 19.0 Å². The first-order valence-electron chi connectivity index (χ1n) is 6.67. The van der Waals surface area contributed by atoms with Crippen molar-refractivity contribution in [3.63, 3.8) is 0 Å². The first-order valence-corrected chi connectivity index (χ1v) is 6.67. The van der Waals surface area contributed by atoms with Gasteiger partial charge in [-0.05, 0) is 0 Å². The average Bonchev–Trinajstić information content (AvgIpc) is 2.29. The van der Waals surface area contributed by atoms with Crippen molar-refractivity contribution in [3.8, 4) is 0 Å². The van der Waals surface area contributed by atoms with E-state index in [9.17, 15) is 0 Å². The Morgan fingerprint density at radius 2 is 1.65 bits per heavy atom. The topological polar surface area (TPSA) is 64.4 Å². The Bertz CT molecular complexity index is 283. The van der Waals surface area contributed by atoms with Crippen LogP contribution in [0.15, 0.2) is 4.99 Å². The molecule has 0 spiro atoms. The van der Waals surface area contributed by atoms with Crippen LogP contribution < -0.4 is 11.5 Å². The molecule has 1 unspecified atom stereocenters. The van der Waals surface area contributed by atoms with Gasteiger partial charge in [0.15, 0.2) is 5.96 Å². The Morgan fingerprint density at radius 3 is 2.12 bits per heavy atom. The van der Waals surface area contributed by atoms with Crippen LogP contribution in [0.1, 0.15) is 6.92 Å². The van der Waals surface area contributed by atoms with Crippen molar-refractivity contribution < 1.29 is 8.97 Å². The fraction of sp³-hybridized carbons (Fsp3) is 0.917. The summed E-state index contributed by atoms with van der Waals surface area (Å²) in [5.74, 6) is 0.797. The maximum Gasteiger partial charge on any atom is 0.185 e. The molecule has 3 aliphatic heterocycles. The van der Waals surface area contributed by atoms with Gasteiger partial charge in [-0.1, -0.05) is 6.92 Å². The lowest BCUT2D eigenvalue weighted by Gasteiger charge is -2.54. The third-order valence-electron chi connectivity index (χ3n) is 4.63. The first-order chi connectivity index (χ1) is 7.93. The fourth-order valence-corrected chi connectivity index (χ4v) is 3.29. The monoisotopic (exact) mass is 241 g/mol. The summed E-state index contributed by atoms with van der Waals surface area (Å²) in [5.41, 5.74) is 10.8. The predicted octanol–water partition coefficient (Wildman–Crippen LogP) is -0.813. The number of rotatable bonds is 4. The summed E-state index contributed by atoms with van der Waals surface area (Å²) in [7, 11) is 2.40. The zero-order valence-corrected chi connectivity index (χ0v) is 11.2. The third-order valence-corrected chi connectivity index (χ3v) is 4.63. The highest BCUT2D eigenvalue weighted by molar-refractivity contribution is 5.75. The summed E-state index contributed by atoms with van der Waals surface area (Å²) in [5, 5.41) is 0. The van der Waals surface area contributed by atoms with Gasteiger partial charge >= 0.3 is 0 Å². The second-order valence-electron chi connectivity index (χ2n) is 6.36. The van der Waals surface area contributed by atoms with Crippen molar-refractivity contribution in [1.29, 1.82) is 0 Å². The van der Waals surface area contributed by atoms with E-state index in [1.807, 2.05) is 0 Å². The highest BCUT2D eigenvalue weighted by atomic mass is 15.5. The van der Waals surface area contributed by atoms with E-state index in [-0.39, 0.29) is 5.96 Å². The number of quaternary nitrogens is 2. The molecule has 3 aliphatic rings. The van der Waals surface area contributed by atoms with Gasteiger partial charge in [0.05, 0.1) is 20.1 Å². The Labute approximate surface area is 104 Å². The number of piperazine rings is 3. The summed E-state index contributed by atoms with van der Waals surface area (Å²) in [4.78, 5) is 4.14. The van der Waals surface area contributed by atoms with Crippen molar-refractivity contribution >= 4 is 5.96 Å². The SMILES string of the molecule is CC(CN=C(N)N)C[N+]12CC[N+](C)(CC1)CC2. The zero-order chi connectivity index (χ0) is 12.5. The number of hydrogen-bond donors (Lipinski definition) is 2. The fourth-order valence-electron chi connectivity index (χ4n) is 3.29. The summed E-state index contributed by atoms with van der Waals surface area (Å²) in [6.07, 6.45) is 0. The molecule has 0 aromatic heterocycles. The van der Waals surface area contributed by atoms with E-state index < -0.39 is 0 Å². The van der Waals surface area contributed by atoms with Crippen molar-refractivity contribution in [3.05, 3.63) is 0 Å². The van der Waals surface area contributed by atoms with Crippen LogP contribution in [-0.4, -0.2) is 74.3 Å². The minimum absolute atomic E-state index is 0.221. The number of hydrogen-bond acceptors (Lipinski definition) is 1. The van der Waals surface area contributed by atoms with Gasteiger partial charge in [0.1, 0.15) is 39.3 Å². The Morgan fingerprint density at radius 1 is 1.12 bits per heavy atom. The van der Waals surface area contributed by atoms with Crippen LogP contribution in [0.4, 0.5) is 0 Å². The van der Waals surface area contributed by atoms with E-state index in [1.165, 1.54) is 54.8 Å². The third kappa shape index (κ3) is 2.90. The lowest BCUT2D eigenvalue weighted by atomic mass is 10.0. The van der Waals surface area contributed by atoms with Crippen molar-refractivity contribution in [2.24, 2.45) is 22.4 Å². The van der Waals surface area contributed by atoms with Gasteiger partial charge < -0.3 is 20.4 Å². The molecule has 4 N–H and O–H groups in total. The molecule has 2 bridgehead atoms. The molecule has 98 valence electrons. The molecule has 5 nitrogen and oxygen atoms in total. The summed E-state index contributed by atoms with van der Waals surface area (Å²) in [6.45, 7) is 12.3. The lowest BCUT2D eigenvalue weighted by Crippen LogP contribution is -2.74. The van der Waals surface area contributed by atoms with E-state index in [4.69, 9.17) is 11.5 Å². The first kappa shape index (κ1) is 12.6. The van der Waals surface area contributed by atoms with E-state index in [0.717, 1.165) is 6.54 Å². The molecule has 0 aromatic carbocycles. The van der Waals surface area contributed by atoms with Crippen molar-refractivity contribution in [2.45, 2.75) is 6.92 Å². The molecule has 3 rings (SSSR count). The standard InChI is InChI=1S/C12H27N5/c1-11(9-15-12(13)14)10-17-6-3-16(2,4-7-17)5-8-17/h11H,3-10H2,1-2H3,(H4,13,14,15)/q+2. The van der Waals surface area contributed by atoms with Gasteiger partial charge in [-0.25, -0.2) is 0 Å². The maximum atomic E-state index is 5.38. The number of guanidine groups is 1.